The normalized spacial score (nSPS) is 18.7. The van der Waals surface area contributed by atoms with Crippen molar-refractivity contribution in [2.75, 3.05) is 19.0 Å². The van der Waals surface area contributed by atoms with E-state index in [2.05, 4.69) is 24.3 Å². The third-order valence-electron chi connectivity index (χ3n) is 4.19. The first-order chi connectivity index (χ1) is 9.93. The fourth-order valence-electron chi connectivity index (χ4n) is 2.67. The second-order valence-electron chi connectivity index (χ2n) is 6.48. The van der Waals surface area contributed by atoms with E-state index >= 15 is 0 Å². The van der Waals surface area contributed by atoms with Crippen LogP contribution >= 0.6 is 11.6 Å². The minimum atomic E-state index is -0.269. The molecular weight excluding hydrogens is 290 g/mol. The van der Waals surface area contributed by atoms with Crippen LogP contribution in [0.1, 0.15) is 39.5 Å². The molecule has 1 saturated carbocycles. The van der Waals surface area contributed by atoms with Crippen molar-refractivity contribution in [3.05, 3.63) is 21.6 Å². The Kier molecular flexibility index (Phi) is 5.27. The molecule has 0 amide bonds. The van der Waals surface area contributed by atoms with Crippen molar-refractivity contribution in [2.45, 2.75) is 52.1 Å². The maximum atomic E-state index is 12.1. The molecule has 0 atom stereocenters. The molecular formula is C15H24ClN3O2. The van der Waals surface area contributed by atoms with Gasteiger partial charge in [0.25, 0.3) is 5.56 Å². The van der Waals surface area contributed by atoms with Gasteiger partial charge in [-0.3, -0.25) is 4.79 Å². The van der Waals surface area contributed by atoms with Crippen molar-refractivity contribution in [2.24, 2.45) is 5.41 Å². The molecule has 1 aliphatic rings. The molecule has 2 rings (SSSR count). The predicted octanol–water partition coefficient (Wildman–Crippen LogP) is 2.92. The number of hydrogen-bond acceptors (Lipinski definition) is 4. The Hall–Kier alpha value is -1.07. The lowest BCUT2D eigenvalue weighted by atomic mass is 9.75. The highest BCUT2D eigenvalue weighted by Crippen LogP contribution is 2.36. The monoisotopic (exact) mass is 313 g/mol. The quantitative estimate of drug-likeness (QED) is 0.908. The van der Waals surface area contributed by atoms with E-state index in [-0.39, 0.29) is 10.6 Å². The van der Waals surface area contributed by atoms with Gasteiger partial charge in [0, 0.05) is 13.2 Å². The average Bonchev–Trinajstić information content (AvgIpc) is 2.45. The van der Waals surface area contributed by atoms with Gasteiger partial charge in [-0.1, -0.05) is 25.4 Å². The van der Waals surface area contributed by atoms with Gasteiger partial charge in [-0.25, -0.2) is 4.68 Å². The summed E-state index contributed by atoms with van der Waals surface area (Å²) in [7, 11) is 1.59. The van der Waals surface area contributed by atoms with Gasteiger partial charge in [0.2, 0.25) is 0 Å². The molecule has 1 aliphatic carbocycles. The number of nitrogens with zero attached hydrogens (tertiary/aromatic N) is 2. The Morgan fingerprint density at radius 3 is 2.76 bits per heavy atom. The summed E-state index contributed by atoms with van der Waals surface area (Å²) in [4.78, 5) is 12.1. The molecule has 6 heteroatoms. The topological polar surface area (TPSA) is 56.1 Å². The minimum Gasteiger partial charge on any atom is -0.383 e. The van der Waals surface area contributed by atoms with Gasteiger partial charge in [-0.15, -0.1) is 0 Å². The SMILES string of the molecule is COCCn1ncc(NC2CCC(C)(C)CC2)c(Cl)c1=O. The first kappa shape index (κ1) is 16.3. The van der Waals surface area contributed by atoms with Crippen molar-refractivity contribution in [1.82, 2.24) is 9.78 Å². The second-order valence-corrected chi connectivity index (χ2v) is 6.85. The molecule has 0 radical (unpaired) electrons. The summed E-state index contributed by atoms with van der Waals surface area (Å²) >= 11 is 6.18. The molecule has 0 spiro atoms. The van der Waals surface area contributed by atoms with Crippen LogP contribution < -0.4 is 10.9 Å². The van der Waals surface area contributed by atoms with E-state index in [9.17, 15) is 4.79 Å². The number of anilines is 1. The van der Waals surface area contributed by atoms with Crippen molar-refractivity contribution in [1.29, 1.82) is 0 Å². The zero-order valence-electron chi connectivity index (χ0n) is 13.0. The number of rotatable bonds is 5. The molecule has 1 aromatic rings. The number of methoxy groups -OCH3 is 1. The highest BCUT2D eigenvalue weighted by molar-refractivity contribution is 6.32. The summed E-state index contributed by atoms with van der Waals surface area (Å²) in [5, 5.41) is 7.73. The van der Waals surface area contributed by atoms with Crippen LogP contribution in [-0.4, -0.2) is 29.5 Å². The number of nitrogens with one attached hydrogen (secondary N) is 1. The molecule has 0 saturated heterocycles. The first-order valence-electron chi connectivity index (χ1n) is 7.44. The maximum Gasteiger partial charge on any atom is 0.287 e. The summed E-state index contributed by atoms with van der Waals surface area (Å²) in [6.45, 7) is 5.45. The zero-order valence-corrected chi connectivity index (χ0v) is 13.7. The van der Waals surface area contributed by atoms with Crippen LogP contribution in [0, 0.1) is 5.41 Å². The predicted molar refractivity (Wildman–Crippen MR) is 85.0 cm³/mol. The molecule has 0 aromatic carbocycles. The van der Waals surface area contributed by atoms with Crippen molar-refractivity contribution in [3.63, 3.8) is 0 Å². The van der Waals surface area contributed by atoms with Gasteiger partial charge in [-0.05, 0) is 31.1 Å². The number of ether oxygens (including phenoxy) is 1. The highest BCUT2D eigenvalue weighted by atomic mass is 35.5. The number of aromatic nitrogens is 2. The van der Waals surface area contributed by atoms with Crippen LogP contribution in [0.4, 0.5) is 5.69 Å². The maximum absolute atomic E-state index is 12.1. The van der Waals surface area contributed by atoms with E-state index in [1.807, 2.05) is 0 Å². The Labute approximate surface area is 130 Å². The number of hydrogen-bond donors (Lipinski definition) is 1. The zero-order chi connectivity index (χ0) is 15.5. The molecule has 0 bridgehead atoms. The first-order valence-corrected chi connectivity index (χ1v) is 7.82. The Morgan fingerprint density at radius 1 is 1.48 bits per heavy atom. The Bertz CT molecular complexity index is 532. The molecule has 1 fully saturated rings. The van der Waals surface area contributed by atoms with Crippen LogP contribution in [0.2, 0.25) is 5.02 Å². The van der Waals surface area contributed by atoms with Crippen molar-refractivity contribution in [3.8, 4) is 0 Å². The van der Waals surface area contributed by atoms with E-state index in [4.69, 9.17) is 16.3 Å². The van der Waals surface area contributed by atoms with Crippen LogP contribution in [0.15, 0.2) is 11.0 Å². The lowest BCUT2D eigenvalue weighted by Gasteiger charge is -2.35. The summed E-state index contributed by atoms with van der Waals surface area (Å²) in [6, 6.07) is 0.367. The van der Waals surface area contributed by atoms with E-state index < -0.39 is 0 Å². The summed E-state index contributed by atoms with van der Waals surface area (Å²) in [5.74, 6) is 0. The van der Waals surface area contributed by atoms with Gasteiger partial charge in [0.15, 0.2) is 0 Å². The summed E-state index contributed by atoms with van der Waals surface area (Å²) < 4.78 is 6.29. The smallest absolute Gasteiger partial charge is 0.287 e. The molecule has 5 nitrogen and oxygen atoms in total. The Morgan fingerprint density at radius 2 is 2.14 bits per heavy atom. The standard InChI is InChI=1S/C15H24ClN3O2/c1-15(2)6-4-11(5-7-15)18-12-10-17-19(8-9-21-3)14(20)13(12)16/h10-11,18H,4-9H2,1-3H3. The third-order valence-corrected chi connectivity index (χ3v) is 4.56. The number of halogens is 1. The van der Waals surface area contributed by atoms with E-state index in [0.29, 0.717) is 30.3 Å². The Balaban J connectivity index is 2.04. The van der Waals surface area contributed by atoms with Gasteiger partial charge in [0.05, 0.1) is 25.0 Å². The van der Waals surface area contributed by atoms with Crippen molar-refractivity contribution >= 4 is 17.3 Å². The lowest BCUT2D eigenvalue weighted by Crippen LogP contribution is -2.31. The van der Waals surface area contributed by atoms with Crippen LogP contribution in [0.5, 0.6) is 0 Å². The summed E-state index contributed by atoms with van der Waals surface area (Å²) in [6.07, 6.45) is 6.19. The molecule has 0 unspecified atom stereocenters. The van der Waals surface area contributed by atoms with E-state index in [1.54, 1.807) is 13.3 Å². The highest BCUT2D eigenvalue weighted by Gasteiger charge is 2.27. The fraction of sp³-hybridized carbons (Fsp3) is 0.733. The molecule has 118 valence electrons. The molecule has 21 heavy (non-hydrogen) atoms. The van der Waals surface area contributed by atoms with Crippen LogP contribution in [-0.2, 0) is 11.3 Å². The van der Waals surface area contributed by atoms with E-state index in [0.717, 1.165) is 12.8 Å². The van der Waals surface area contributed by atoms with Gasteiger partial charge < -0.3 is 10.1 Å². The van der Waals surface area contributed by atoms with Crippen molar-refractivity contribution < 1.29 is 4.74 Å². The fourth-order valence-corrected chi connectivity index (χ4v) is 2.87. The van der Waals surface area contributed by atoms with E-state index in [1.165, 1.54) is 17.5 Å². The summed E-state index contributed by atoms with van der Waals surface area (Å²) in [5.41, 5.74) is 0.791. The largest absolute Gasteiger partial charge is 0.383 e. The molecule has 1 heterocycles. The van der Waals surface area contributed by atoms with Gasteiger partial charge >= 0.3 is 0 Å². The third kappa shape index (κ3) is 4.20. The minimum absolute atomic E-state index is 0.214. The molecule has 1 aromatic heterocycles. The van der Waals surface area contributed by atoms with Gasteiger partial charge in [0.1, 0.15) is 5.02 Å². The van der Waals surface area contributed by atoms with Crippen LogP contribution in [0.25, 0.3) is 0 Å². The molecule has 1 N–H and O–H groups in total. The lowest BCUT2D eigenvalue weighted by molar-refractivity contribution is 0.182. The van der Waals surface area contributed by atoms with Gasteiger partial charge in [-0.2, -0.15) is 5.10 Å². The van der Waals surface area contributed by atoms with Crippen LogP contribution in [0.3, 0.4) is 0 Å². The average molecular weight is 314 g/mol. The molecule has 0 aliphatic heterocycles. The second kappa shape index (κ2) is 6.79.